The molecule has 0 saturated carbocycles. The number of fused-ring (bicyclic) bond motifs is 1. The quantitative estimate of drug-likeness (QED) is 0.756. The second-order valence-corrected chi connectivity index (χ2v) is 6.93. The van der Waals surface area contributed by atoms with E-state index >= 15 is 0 Å². The zero-order chi connectivity index (χ0) is 19.4. The van der Waals surface area contributed by atoms with Crippen molar-refractivity contribution < 1.29 is 23.8 Å². The third kappa shape index (κ3) is 4.71. The predicted molar refractivity (Wildman–Crippen MR) is 101 cm³/mol. The van der Waals surface area contributed by atoms with Gasteiger partial charge in [-0.2, -0.15) is 0 Å². The van der Waals surface area contributed by atoms with Crippen LogP contribution < -0.4 is 14.8 Å². The minimum Gasteiger partial charge on any atom is -0.455 e. The van der Waals surface area contributed by atoms with Crippen LogP contribution in [0.3, 0.4) is 0 Å². The Balaban J connectivity index is 1.58. The van der Waals surface area contributed by atoms with E-state index in [0.29, 0.717) is 22.2 Å². The number of benzene rings is 2. The number of carbonyl (C=O) groups excluding carboxylic acids is 2. The minimum absolute atomic E-state index is 0.00981. The van der Waals surface area contributed by atoms with Crippen LogP contribution in [-0.4, -0.2) is 25.3 Å². The van der Waals surface area contributed by atoms with Crippen molar-refractivity contribution in [3.05, 3.63) is 53.1 Å². The molecule has 0 aliphatic carbocycles. The van der Waals surface area contributed by atoms with Gasteiger partial charge in [0, 0.05) is 16.8 Å². The molecule has 1 amide bonds. The lowest BCUT2D eigenvalue weighted by Gasteiger charge is -2.20. The van der Waals surface area contributed by atoms with E-state index in [2.05, 4.69) is 5.32 Å². The number of nitrogens with one attached hydrogen (secondary N) is 1. The van der Waals surface area contributed by atoms with E-state index in [1.165, 1.54) is 0 Å². The van der Waals surface area contributed by atoms with Gasteiger partial charge < -0.3 is 19.5 Å². The highest BCUT2D eigenvalue weighted by atomic mass is 35.5. The Morgan fingerprint density at radius 3 is 2.52 bits per heavy atom. The Morgan fingerprint density at radius 1 is 1.11 bits per heavy atom. The predicted octanol–water partition coefficient (Wildman–Crippen LogP) is 3.99. The van der Waals surface area contributed by atoms with Gasteiger partial charge in [-0.3, -0.25) is 9.59 Å². The lowest BCUT2D eigenvalue weighted by Crippen LogP contribution is -2.26. The first-order chi connectivity index (χ1) is 12.9. The maximum Gasteiger partial charge on any atom is 0.314 e. The second kappa shape index (κ2) is 8.31. The van der Waals surface area contributed by atoms with E-state index in [4.69, 9.17) is 25.8 Å². The number of halogens is 1. The van der Waals surface area contributed by atoms with Gasteiger partial charge >= 0.3 is 5.97 Å². The van der Waals surface area contributed by atoms with Crippen LogP contribution in [0.2, 0.25) is 5.02 Å². The van der Waals surface area contributed by atoms with Crippen molar-refractivity contribution in [3.8, 4) is 11.5 Å². The van der Waals surface area contributed by atoms with Crippen molar-refractivity contribution in [2.45, 2.75) is 19.8 Å². The third-order valence-corrected chi connectivity index (χ3v) is 4.40. The molecule has 1 heterocycles. The Bertz CT molecular complexity index is 835. The zero-order valence-corrected chi connectivity index (χ0v) is 15.8. The molecule has 2 aromatic rings. The fourth-order valence-electron chi connectivity index (χ4n) is 2.86. The van der Waals surface area contributed by atoms with E-state index < -0.39 is 17.8 Å². The smallest absolute Gasteiger partial charge is 0.314 e. The minimum atomic E-state index is -0.472. The van der Waals surface area contributed by atoms with E-state index in [1.54, 1.807) is 42.5 Å². The van der Waals surface area contributed by atoms with Crippen LogP contribution in [0.15, 0.2) is 42.5 Å². The number of amides is 1. The molecule has 27 heavy (non-hydrogen) atoms. The largest absolute Gasteiger partial charge is 0.455 e. The molecule has 1 aliphatic rings. The summed E-state index contributed by atoms with van der Waals surface area (Å²) in [7, 11) is 0. The number of esters is 1. The molecule has 0 radical (unpaired) electrons. The Hall–Kier alpha value is -2.73. The van der Waals surface area contributed by atoms with Crippen LogP contribution in [0, 0.1) is 5.92 Å². The highest BCUT2D eigenvalue weighted by Crippen LogP contribution is 2.34. The topological polar surface area (TPSA) is 73.9 Å². The summed E-state index contributed by atoms with van der Waals surface area (Å²) in [6.07, 6.45) is 0. The van der Waals surface area contributed by atoms with Crippen LogP contribution in [0.1, 0.15) is 25.3 Å². The molecule has 0 spiro atoms. The van der Waals surface area contributed by atoms with Gasteiger partial charge in [0.15, 0.2) is 18.1 Å². The van der Waals surface area contributed by atoms with Crippen molar-refractivity contribution in [1.82, 2.24) is 0 Å². The Labute approximate surface area is 162 Å². The fourth-order valence-corrected chi connectivity index (χ4v) is 2.99. The number of carbonyl (C=O) groups is 2. The second-order valence-electron chi connectivity index (χ2n) is 6.50. The van der Waals surface area contributed by atoms with Crippen molar-refractivity contribution >= 4 is 29.2 Å². The maximum absolute atomic E-state index is 12.5. The van der Waals surface area contributed by atoms with Gasteiger partial charge in [0.1, 0.15) is 0 Å². The number of rotatable bonds is 6. The first-order valence-electron chi connectivity index (χ1n) is 8.55. The van der Waals surface area contributed by atoms with Crippen molar-refractivity contribution in [2.75, 3.05) is 18.7 Å². The van der Waals surface area contributed by atoms with Gasteiger partial charge in [-0.25, -0.2) is 0 Å². The van der Waals surface area contributed by atoms with Crippen molar-refractivity contribution in [2.24, 2.45) is 5.92 Å². The molecule has 1 N–H and O–H groups in total. The van der Waals surface area contributed by atoms with E-state index in [1.807, 2.05) is 13.8 Å². The Kier molecular flexibility index (Phi) is 5.86. The third-order valence-electron chi connectivity index (χ3n) is 4.15. The van der Waals surface area contributed by atoms with Crippen molar-refractivity contribution in [1.29, 1.82) is 0 Å². The highest BCUT2D eigenvalue weighted by Gasteiger charge is 2.26. The maximum atomic E-state index is 12.5. The average Bonchev–Trinajstić information content (AvgIpc) is 3.09. The summed E-state index contributed by atoms with van der Waals surface area (Å²) in [5, 5.41) is 3.27. The summed E-state index contributed by atoms with van der Waals surface area (Å²) >= 11 is 5.90. The van der Waals surface area contributed by atoms with Crippen molar-refractivity contribution in [3.63, 3.8) is 0 Å². The summed E-state index contributed by atoms with van der Waals surface area (Å²) in [6, 6.07) is 12.1. The summed E-state index contributed by atoms with van der Waals surface area (Å²) in [5.74, 6) is -0.153. The van der Waals surface area contributed by atoms with E-state index in [0.717, 1.165) is 5.56 Å². The van der Waals surface area contributed by atoms with Crippen LogP contribution in [0.25, 0.3) is 0 Å². The number of hydrogen-bond acceptors (Lipinski definition) is 5. The number of hydrogen-bond donors (Lipinski definition) is 1. The molecule has 1 atom stereocenters. The molecule has 142 valence electrons. The van der Waals surface area contributed by atoms with E-state index in [-0.39, 0.29) is 19.3 Å². The standard InChI is InChI=1S/C20H20ClNO5/c1-12(2)19(13-3-5-14(21)6-4-13)20(24)25-10-18(23)22-15-7-8-16-17(9-15)27-11-26-16/h3-9,12,19H,10-11H2,1-2H3,(H,22,23)/t19-/m1/s1. The fraction of sp³-hybridized carbons (Fsp3) is 0.300. The SMILES string of the molecule is CC(C)[C@@H](C(=O)OCC(=O)Nc1ccc2c(c1)OCO2)c1ccc(Cl)cc1. The summed E-state index contributed by atoms with van der Waals surface area (Å²) in [4.78, 5) is 24.6. The number of anilines is 1. The molecule has 7 heteroatoms. The molecule has 0 unspecified atom stereocenters. The molecular formula is C20H20ClNO5. The van der Waals surface area contributed by atoms with Crippen LogP contribution >= 0.6 is 11.6 Å². The molecule has 2 aromatic carbocycles. The summed E-state index contributed by atoms with van der Waals surface area (Å²) in [5.41, 5.74) is 1.34. The number of ether oxygens (including phenoxy) is 3. The first kappa shape index (κ1) is 19.0. The lowest BCUT2D eigenvalue weighted by atomic mass is 9.88. The molecule has 0 saturated heterocycles. The molecule has 0 fully saturated rings. The summed E-state index contributed by atoms with van der Waals surface area (Å²) < 4.78 is 15.7. The van der Waals surface area contributed by atoms with Gasteiger partial charge in [0.2, 0.25) is 6.79 Å². The van der Waals surface area contributed by atoms with Gasteiger partial charge in [-0.05, 0) is 35.7 Å². The average molecular weight is 390 g/mol. The molecule has 6 nitrogen and oxygen atoms in total. The van der Waals surface area contributed by atoms with Crippen LogP contribution in [0.4, 0.5) is 5.69 Å². The zero-order valence-electron chi connectivity index (χ0n) is 15.0. The van der Waals surface area contributed by atoms with Gasteiger partial charge in [0.05, 0.1) is 5.92 Å². The Morgan fingerprint density at radius 2 is 1.81 bits per heavy atom. The molecular weight excluding hydrogens is 370 g/mol. The van der Waals surface area contributed by atoms with E-state index in [9.17, 15) is 9.59 Å². The summed E-state index contributed by atoms with van der Waals surface area (Å²) in [6.45, 7) is 3.64. The van der Waals surface area contributed by atoms with Gasteiger partial charge in [0.25, 0.3) is 5.91 Å². The van der Waals surface area contributed by atoms with Crippen LogP contribution in [0.5, 0.6) is 11.5 Å². The molecule has 3 rings (SSSR count). The van der Waals surface area contributed by atoms with Crippen LogP contribution in [-0.2, 0) is 14.3 Å². The van der Waals surface area contributed by atoms with Gasteiger partial charge in [-0.15, -0.1) is 0 Å². The van der Waals surface area contributed by atoms with Gasteiger partial charge in [-0.1, -0.05) is 37.6 Å². The molecule has 0 aromatic heterocycles. The highest BCUT2D eigenvalue weighted by molar-refractivity contribution is 6.30. The monoisotopic (exact) mass is 389 g/mol. The molecule has 0 bridgehead atoms. The lowest BCUT2D eigenvalue weighted by molar-refractivity contribution is -0.149. The molecule has 1 aliphatic heterocycles. The normalized spacial score (nSPS) is 13.3. The first-order valence-corrected chi connectivity index (χ1v) is 8.93.